The highest BCUT2D eigenvalue weighted by Gasteiger charge is 2.33. The predicted octanol–water partition coefficient (Wildman–Crippen LogP) is 4.21. The minimum Gasteiger partial charge on any atom is -0.323 e. The number of pyridine rings is 1. The number of imidazole rings is 1. The van der Waals surface area contributed by atoms with Gasteiger partial charge in [0, 0.05) is 23.9 Å². The summed E-state index contributed by atoms with van der Waals surface area (Å²) >= 11 is 0. The van der Waals surface area contributed by atoms with Crippen molar-refractivity contribution < 1.29 is 8.78 Å². The molecule has 2 aliphatic rings. The summed E-state index contributed by atoms with van der Waals surface area (Å²) in [5.41, 5.74) is 2.51. The molecule has 0 N–H and O–H groups in total. The van der Waals surface area contributed by atoms with Crippen LogP contribution in [0.4, 0.5) is 8.78 Å². The summed E-state index contributed by atoms with van der Waals surface area (Å²) < 4.78 is 30.1. The van der Waals surface area contributed by atoms with Gasteiger partial charge >= 0.3 is 0 Å². The van der Waals surface area contributed by atoms with Gasteiger partial charge in [-0.3, -0.25) is 4.98 Å². The third-order valence-electron chi connectivity index (χ3n) is 5.97. The molecule has 3 unspecified atom stereocenters. The van der Waals surface area contributed by atoms with E-state index < -0.39 is 6.17 Å². The molecule has 3 heterocycles. The molecule has 0 radical (unpaired) electrons. The molecule has 3 atom stereocenters. The summed E-state index contributed by atoms with van der Waals surface area (Å²) in [6.45, 7) is 1.96. The minimum absolute atomic E-state index is 0.131. The molecule has 4 nitrogen and oxygen atoms in total. The highest BCUT2D eigenvalue weighted by atomic mass is 19.1. The van der Waals surface area contributed by atoms with Gasteiger partial charge in [0.05, 0.1) is 17.2 Å². The first kappa shape index (κ1) is 16.1. The van der Waals surface area contributed by atoms with E-state index >= 15 is 0 Å². The van der Waals surface area contributed by atoms with Crippen LogP contribution >= 0.6 is 0 Å². The van der Waals surface area contributed by atoms with Gasteiger partial charge in [-0.25, -0.2) is 13.8 Å². The van der Waals surface area contributed by atoms with Crippen LogP contribution in [0.5, 0.6) is 0 Å². The number of hydrogen-bond donors (Lipinski definition) is 0. The van der Waals surface area contributed by atoms with Crippen LogP contribution < -0.4 is 0 Å². The van der Waals surface area contributed by atoms with Gasteiger partial charge in [-0.15, -0.1) is 0 Å². The van der Waals surface area contributed by atoms with E-state index in [-0.39, 0.29) is 17.8 Å². The monoisotopic (exact) mass is 356 g/mol. The molecule has 2 aromatic heterocycles. The zero-order valence-electron chi connectivity index (χ0n) is 14.8. The van der Waals surface area contributed by atoms with Gasteiger partial charge in [-0.2, -0.15) is 0 Å². The molecule has 1 saturated carbocycles. The Bertz CT molecular complexity index is 983. The lowest BCUT2D eigenvalue weighted by atomic mass is 10.1. The third kappa shape index (κ3) is 2.50. The lowest BCUT2D eigenvalue weighted by Gasteiger charge is -2.20. The first-order valence-electron chi connectivity index (χ1n) is 9.39. The van der Waals surface area contributed by atoms with Gasteiger partial charge in [0.1, 0.15) is 23.3 Å². The quantitative estimate of drug-likeness (QED) is 0.690. The fraction of sp³-hybridized carbons (Fsp3) is 0.500. The third-order valence-corrected chi connectivity index (χ3v) is 5.97. The molecule has 3 aromatic rings. The summed E-state index contributed by atoms with van der Waals surface area (Å²) in [7, 11) is 2.12. The van der Waals surface area contributed by atoms with Crippen molar-refractivity contribution in [2.24, 2.45) is 0 Å². The van der Waals surface area contributed by atoms with Gasteiger partial charge in [0.15, 0.2) is 0 Å². The second kappa shape index (κ2) is 5.98. The van der Waals surface area contributed by atoms with E-state index in [2.05, 4.69) is 21.5 Å². The van der Waals surface area contributed by atoms with Crippen molar-refractivity contribution in [2.45, 2.75) is 43.8 Å². The maximum atomic E-state index is 14.0. The fourth-order valence-corrected chi connectivity index (χ4v) is 4.71. The van der Waals surface area contributed by atoms with Crippen LogP contribution in [-0.2, 0) is 0 Å². The SMILES string of the molecule is CN1CCC(n2c(C3CCC(F)C3)nc3cnc4ccc(F)cc4c32)C1. The number of halogens is 2. The maximum absolute atomic E-state index is 14.0. The number of likely N-dealkylation sites (N-methyl/N-ethyl adjacent to an activating group) is 1. The molecule has 26 heavy (non-hydrogen) atoms. The van der Waals surface area contributed by atoms with Crippen molar-refractivity contribution in [1.82, 2.24) is 19.4 Å². The second-order valence-electron chi connectivity index (χ2n) is 7.81. The Morgan fingerprint density at radius 1 is 1.15 bits per heavy atom. The standard InChI is InChI=1S/C20H22F2N4/c1-25-7-6-15(11-25)26-19-16-9-14(22)4-5-17(16)23-10-18(19)24-20(26)12-2-3-13(21)8-12/h4-5,9-10,12-13,15H,2-3,6-8,11H2,1H3. The zero-order chi connectivity index (χ0) is 17.8. The summed E-state index contributed by atoms with van der Waals surface area (Å²) in [6.07, 6.45) is 4.02. The van der Waals surface area contributed by atoms with Crippen LogP contribution in [0.3, 0.4) is 0 Å². The first-order valence-corrected chi connectivity index (χ1v) is 9.39. The summed E-state index contributed by atoms with van der Waals surface area (Å²) in [5, 5.41) is 0.797. The van der Waals surface area contributed by atoms with Crippen LogP contribution in [0.2, 0.25) is 0 Å². The molecule has 1 saturated heterocycles. The lowest BCUT2D eigenvalue weighted by molar-refractivity contribution is 0.336. The lowest BCUT2D eigenvalue weighted by Crippen LogP contribution is -2.19. The Morgan fingerprint density at radius 2 is 2.04 bits per heavy atom. The fourth-order valence-electron chi connectivity index (χ4n) is 4.71. The molecule has 0 spiro atoms. The van der Waals surface area contributed by atoms with Crippen molar-refractivity contribution in [3.05, 3.63) is 36.0 Å². The Hall–Kier alpha value is -2.08. The van der Waals surface area contributed by atoms with Gasteiger partial charge in [-0.1, -0.05) is 0 Å². The van der Waals surface area contributed by atoms with E-state index in [0.29, 0.717) is 12.8 Å². The molecule has 5 rings (SSSR count). The number of likely N-dealkylation sites (tertiary alicyclic amines) is 1. The number of aromatic nitrogens is 3. The van der Waals surface area contributed by atoms with Crippen LogP contribution in [-0.4, -0.2) is 45.7 Å². The van der Waals surface area contributed by atoms with Gasteiger partial charge in [-0.05, 0) is 57.5 Å². The number of hydrogen-bond acceptors (Lipinski definition) is 3. The number of rotatable bonds is 2. The number of benzene rings is 1. The van der Waals surface area contributed by atoms with Crippen molar-refractivity contribution in [1.29, 1.82) is 0 Å². The van der Waals surface area contributed by atoms with E-state index in [1.165, 1.54) is 6.07 Å². The van der Waals surface area contributed by atoms with Crippen LogP contribution in [0.1, 0.15) is 43.5 Å². The molecule has 2 fully saturated rings. The average molecular weight is 356 g/mol. The molecule has 136 valence electrons. The zero-order valence-corrected chi connectivity index (χ0v) is 14.8. The van der Waals surface area contributed by atoms with E-state index in [1.807, 2.05) is 0 Å². The van der Waals surface area contributed by atoms with Gasteiger partial charge < -0.3 is 9.47 Å². The van der Waals surface area contributed by atoms with Gasteiger partial charge in [0.25, 0.3) is 0 Å². The molecule has 1 aliphatic heterocycles. The maximum Gasteiger partial charge on any atom is 0.124 e. The molecule has 6 heteroatoms. The van der Waals surface area contributed by atoms with Crippen LogP contribution in [0, 0.1) is 5.82 Å². The van der Waals surface area contributed by atoms with E-state index in [1.54, 1.807) is 18.3 Å². The molecule has 0 bridgehead atoms. The number of nitrogens with zero attached hydrogens (tertiary/aromatic N) is 4. The van der Waals surface area contributed by atoms with Gasteiger partial charge in [0.2, 0.25) is 0 Å². The van der Waals surface area contributed by atoms with E-state index in [4.69, 9.17) is 4.98 Å². The molecular weight excluding hydrogens is 334 g/mol. The normalized spacial score (nSPS) is 27.1. The van der Waals surface area contributed by atoms with Crippen molar-refractivity contribution in [3.63, 3.8) is 0 Å². The number of alkyl halides is 1. The Labute approximate surface area is 150 Å². The summed E-state index contributed by atoms with van der Waals surface area (Å²) in [6, 6.07) is 5.00. The molecular formula is C20H22F2N4. The first-order chi connectivity index (χ1) is 12.6. The summed E-state index contributed by atoms with van der Waals surface area (Å²) in [4.78, 5) is 11.6. The topological polar surface area (TPSA) is 34.0 Å². The van der Waals surface area contributed by atoms with Crippen molar-refractivity contribution in [2.75, 3.05) is 20.1 Å². The molecule has 1 aromatic carbocycles. The van der Waals surface area contributed by atoms with Crippen molar-refractivity contribution >= 4 is 21.9 Å². The smallest absolute Gasteiger partial charge is 0.124 e. The Kier molecular flexibility index (Phi) is 3.71. The number of fused-ring (bicyclic) bond motifs is 3. The van der Waals surface area contributed by atoms with Crippen LogP contribution in [0.15, 0.2) is 24.4 Å². The molecule has 0 amide bonds. The van der Waals surface area contributed by atoms with E-state index in [0.717, 1.165) is 53.7 Å². The average Bonchev–Trinajstić information content (AvgIpc) is 3.32. The van der Waals surface area contributed by atoms with E-state index in [9.17, 15) is 8.78 Å². The van der Waals surface area contributed by atoms with Crippen molar-refractivity contribution in [3.8, 4) is 0 Å². The predicted molar refractivity (Wildman–Crippen MR) is 97.6 cm³/mol. The van der Waals surface area contributed by atoms with Crippen LogP contribution in [0.25, 0.3) is 21.9 Å². The Morgan fingerprint density at radius 3 is 2.77 bits per heavy atom. The summed E-state index contributed by atoms with van der Waals surface area (Å²) in [5.74, 6) is 0.820. The highest BCUT2D eigenvalue weighted by molar-refractivity contribution is 6.02. The second-order valence-corrected chi connectivity index (χ2v) is 7.81. The Balaban J connectivity index is 1.78. The largest absolute Gasteiger partial charge is 0.323 e. The minimum atomic E-state index is -0.744. The molecule has 1 aliphatic carbocycles. The highest BCUT2D eigenvalue weighted by Crippen LogP contribution is 2.40.